The van der Waals surface area contributed by atoms with Crippen molar-refractivity contribution in [1.29, 1.82) is 0 Å². The maximum atomic E-state index is 2.44. The van der Waals surface area contributed by atoms with Gasteiger partial charge in [-0.15, -0.1) is 0 Å². The van der Waals surface area contributed by atoms with Crippen LogP contribution in [0.4, 0.5) is 0 Å². The molecule has 7 rings (SSSR count). The predicted molar refractivity (Wildman–Crippen MR) is 129 cm³/mol. The first kappa shape index (κ1) is 18.2. The van der Waals surface area contributed by atoms with E-state index in [1.54, 1.807) is 19.8 Å². The van der Waals surface area contributed by atoms with Gasteiger partial charge in [0.2, 0.25) is 0 Å². The summed E-state index contributed by atoms with van der Waals surface area (Å²) in [5, 5.41) is 5.83. The van der Waals surface area contributed by atoms with Crippen molar-refractivity contribution < 1.29 is 22.4 Å². The molecule has 4 aromatic carbocycles. The van der Waals surface area contributed by atoms with E-state index in [0.717, 1.165) is 6.42 Å². The summed E-state index contributed by atoms with van der Waals surface area (Å²) >= 11 is -1.03. The standard InChI is InChI=1S/C26H17.C4H6.Hf/c1-2-6-17(5-1)20-12-9-19-11-14-22-15-21-13-10-18-7-3-4-8-23(18)25(21)26(22)24(19)16-20;1-2-4-3-1;/h1-14,17H,15H2;1-3H2;. The normalized spacial score (nSPS) is 16.6. The molecule has 4 aromatic rings. The molecule has 0 radical (unpaired) electrons. The Balaban J connectivity index is 1.62. The van der Waals surface area contributed by atoms with Crippen LogP contribution >= 0.6 is 0 Å². The van der Waals surface area contributed by atoms with Crippen LogP contribution in [-0.4, -0.2) is 3.26 Å². The Hall–Kier alpha value is -2.38. The van der Waals surface area contributed by atoms with Crippen LogP contribution in [-0.2, 0) is 28.8 Å². The summed E-state index contributed by atoms with van der Waals surface area (Å²) in [5.41, 5.74) is 7.68. The summed E-state index contributed by atoms with van der Waals surface area (Å²) < 4.78 is 3.69. The van der Waals surface area contributed by atoms with Crippen LogP contribution in [0.15, 0.2) is 85.0 Å². The Labute approximate surface area is 194 Å². The quantitative estimate of drug-likeness (QED) is 0.207. The first-order valence-corrected chi connectivity index (χ1v) is 15.0. The number of rotatable bonds is 2. The minimum atomic E-state index is -1.03. The minimum absolute atomic E-state index is 0.455. The van der Waals surface area contributed by atoms with Gasteiger partial charge in [-0.05, 0) is 0 Å². The second kappa shape index (κ2) is 7.07. The van der Waals surface area contributed by atoms with Crippen LogP contribution in [0.5, 0.6) is 0 Å². The average molecular weight is 562 g/mol. The zero-order valence-corrected chi connectivity index (χ0v) is 21.1. The van der Waals surface area contributed by atoms with Crippen molar-refractivity contribution in [3.05, 3.63) is 102 Å². The number of benzene rings is 4. The summed E-state index contributed by atoms with van der Waals surface area (Å²) in [5.74, 6) is 0.455. The van der Waals surface area contributed by atoms with Gasteiger partial charge < -0.3 is 0 Å². The van der Waals surface area contributed by atoms with E-state index in [1.807, 2.05) is 3.26 Å². The zero-order chi connectivity index (χ0) is 20.4. The zero-order valence-electron chi connectivity index (χ0n) is 17.5. The topological polar surface area (TPSA) is 0 Å². The van der Waals surface area contributed by atoms with Gasteiger partial charge in [-0.2, -0.15) is 0 Å². The van der Waals surface area contributed by atoms with Gasteiger partial charge in [-0.1, -0.05) is 0 Å². The summed E-state index contributed by atoms with van der Waals surface area (Å²) in [7, 11) is 0. The molecule has 1 saturated carbocycles. The van der Waals surface area contributed by atoms with Crippen molar-refractivity contribution in [3.63, 3.8) is 0 Å². The molecule has 0 bridgehead atoms. The molecule has 0 aliphatic heterocycles. The van der Waals surface area contributed by atoms with E-state index in [9.17, 15) is 0 Å². The molecule has 1 fully saturated rings. The van der Waals surface area contributed by atoms with Crippen LogP contribution in [0.2, 0.25) is 0 Å². The molecule has 0 atom stereocenters. The third-order valence-corrected chi connectivity index (χ3v) is 13.2. The molecule has 0 saturated heterocycles. The van der Waals surface area contributed by atoms with Crippen molar-refractivity contribution in [3.8, 4) is 11.1 Å². The number of fused-ring (bicyclic) bond motifs is 7. The van der Waals surface area contributed by atoms with Gasteiger partial charge in [-0.25, -0.2) is 0 Å². The van der Waals surface area contributed by atoms with E-state index in [-0.39, 0.29) is 0 Å². The molecule has 0 aromatic heterocycles. The van der Waals surface area contributed by atoms with Gasteiger partial charge in [0.05, 0.1) is 0 Å². The predicted octanol–water partition coefficient (Wildman–Crippen LogP) is 6.84. The Morgan fingerprint density at radius 3 is 2.26 bits per heavy atom. The number of hydrogen-bond acceptors (Lipinski definition) is 0. The fourth-order valence-electron chi connectivity index (χ4n) is 5.58. The first-order valence-electron chi connectivity index (χ1n) is 11.4. The third-order valence-electron chi connectivity index (χ3n) is 7.32. The van der Waals surface area contributed by atoms with Crippen LogP contribution in [0, 0.1) is 0 Å². The van der Waals surface area contributed by atoms with Gasteiger partial charge in [-0.3, -0.25) is 0 Å². The average Bonchev–Trinajstić information content (AvgIpc) is 3.43. The summed E-state index contributed by atoms with van der Waals surface area (Å²) in [6, 6.07) is 23.3. The van der Waals surface area contributed by atoms with Gasteiger partial charge in [0.25, 0.3) is 0 Å². The molecule has 147 valence electrons. The van der Waals surface area contributed by atoms with Crippen LogP contribution in [0.1, 0.15) is 41.9 Å². The van der Waals surface area contributed by atoms with Gasteiger partial charge in [0.1, 0.15) is 0 Å². The second-order valence-electron chi connectivity index (χ2n) is 9.10. The molecule has 31 heavy (non-hydrogen) atoms. The van der Waals surface area contributed by atoms with E-state index in [4.69, 9.17) is 0 Å². The molecule has 3 aliphatic carbocycles. The van der Waals surface area contributed by atoms with Crippen LogP contribution in [0.25, 0.3) is 32.7 Å². The third kappa shape index (κ3) is 2.79. The molecular formula is C30H23Hf. The fourth-order valence-corrected chi connectivity index (χ4v) is 11.9. The van der Waals surface area contributed by atoms with Gasteiger partial charge >= 0.3 is 195 Å². The molecule has 1 heteroatoms. The molecule has 0 heterocycles. The SMILES string of the molecule is C1=CC(c2ccc3ccc4c(c3[c]2[Hf]=[C]2CCC2)-c2c(ccc3ccccc23)C4)C=C1. The Kier molecular flexibility index (Phi) is 4.15. The van der Waals surface area contributed by atoms with Gasteiger partial charge in [0.15, 0.2) is 0 Å². The molecule has 3 aliphatic rings. The van der Waals surface area contributed by atoms with Gasteiger partial charge in [0, 0.05) is 0 Å². The molecule has 0 nitrogen and oxygen atoms in total. The second-order valence-corrected chi connectivity index (χ2v) is 14.3. The van der Waals surface area contributed by atoms with E-state index in [0.29, 0.717) is 5.92 Å². The molecule has 0 amide bonds. The fraction of sp³-hybridized carbons (Fsp3) is 0.167. The van der Waals surface area contributed by atoms with Crippen molar-refractivity contribution >= 4 is 28.1 Å². The number of hydrogen-bond donors (Lipinski definition) is 0. The first-order chi connectivity index (χ1) is 15.4. The maximum absolute atomic E-state index is 2.44. The van der Waals surface area contributed by atoms with Crippen LogP contribution in [0.3, 0.4) is 0 Å². The van der Waals surface area contributed by atoms with Crippen LogP contribution < -0.4 is 3.32 Å². The molecule has 0 unspecified atom stereocenters. The molecular weight excluding hydrogens is 539 g/mol. The van der Waals surface area contributed by atoms with E-state index < -0.39 is 22.4 Å². The van der Waals surface area contributed by atoms with E-state index in [2.05, 4.69) is 85.0 Å². The van der Waals surface area contributed by atoms with Crippen molar-refractivity contribution in [2.24, 2.45) is 0 Å². The summed E-state index contributed by atoms with van der Waals surface area (Å²) in [4.78, 5) is 0. The van der Waals surface area contributed by atoms with Crippen molar-refractivity contribution in [2.75, 3.05) is 0 Å². The summed E-state index contributed by atoms with van der Waals surface area (Å²) in [6.45, 7) is 0. The Morgan fingerprint density at radius 1 is 0.710 bits per heavy atom. The Morgan fingerprint density at radius 2 is 1.45 bits per heavy atom. The number of allylic oxidation sites excluding steroid dienone is 4. The van der Waals surface area contributed by atoms with Crippen molar-refractivity contribution in [2.45, 2.75) is 31.6 Å². The molecule has 0 N–H and O–H groups in total. The van der Waals surface area contributed by atoms with E-state index >= 15 is 0 Å². The summed E-state index contributed by atoms with van der Waals surface area (Å²) in [6.07, 6.45) is 14.5. The Bertz CT molecular complexity index is 1460. The van der Waals surface area contributed by atoms with E-state index in [1.165, 1.54) is 52.1 Å². The molecule has 0 spiro atoms. The van der Waals surface area contributed by atoms with Crippen molar-refractivity contribution in [1.82, 2.24) is 0 Å². The monoisotopic (exact) mass is 563 g/mol.